The van der Waals surface area contributed by atoms with E-state index in [1.54, 1.807) is 12.4 Å². The highest BCUT2D eigenvalue weighted by Crippen LogP contribution is 2.23. The molecular weight excluding hydrogens is 294 g/mol. The number of aldehydes is 1. The van der Waals surface area contributed by atoms with Crippen LogP contribution in [0, 0.1) is 0 Å². The van der Waals surface area contributed by atoms with Crippen molar-refractivity contribution < 1.29 is 4.79 Å². The maximum Gasteiger partial charge on any atom is 0.170 e. The van der Waals surface area contributed by atoms with Crippen LogP contribution in [0.1, 0.15) is 10.5 Å². The van der Waals surface area contributed by atoms with Crippen LogP contribution in [0.3, 0.4) is 0 Å². The highest BCUT2D eigenvalue weighted by molar-refractivity contribution is 9.10. The lowest BCUT2D eigenvalue weighted by Crippen LogP contribution is -1.88. The molecule has 0 aromatic carbocycles. The summed E-state index contributed by atoms with van der Waals surface area (Å²) in [4.78, 5) is 19.4. The number of rotatable bonds is 2. The molecule has 0 aliphatic heterocycles. The first-order valence-corrected chi connectivity index (χ1v) is 6.12. The van der Waals surface area contributed by atoms with Crippen molar-refractivity contribution in [3.63, 3.8) is 0 Å². The fourth-order valence-electron chi connectivity index (χ4n) is 1.87. The number of fused-ring (bicyclic) bond motifs is 1. The normalized spacial score (nSPS) is 10.7. The first-order chi connectivity index (χ1) is 8.79. The molecule has 3 aromatic heterocycles. The Morgan fingerprint density at radius 3 is 2.72 bits per heavy atom. The second-order valence-corrected chi connectivity index (χ2v) is 4.69. The molecule has 3 aromatic rings. The van der Waals surface area contributed by atoms with E-state index in [4.69, 9.17) is 0 Å². The Bertz CT molecular complexity index is 722. The smallest absolute Gasteiger partial charge is 0.170 e. The number of carbonyl (C=O) groups is 1. The van der Waals surface area contributed by atoms with E-state index in [1.165, 1.54) is 0 Å². The Morgan fingerprint density at radius 2 is 2.00 bits per heavy atom. The van der Waals surface area contributed by atoms with E-state index in [9.17, 15) is 4.79 Å². The lowest BCUT2D eigenvalue weighted by atomic mass is 10.2. The molecule has 0 aliphatic carbocycles. The van der Waals surface area contributed by atoms with Crippen molar-refractivity contribution in [2.75, 3.05) is 0 Å². The van der Waals surface area contributed by atoms with Gasteiger partial charge in [0.25, 0.3) is 0 Å². The number of hydrogen-bond donors (Lipinski definition) is 0. The van der Waals surface area contributed by atoms with Crippen molar-refractivity contribution in [2.24, 2.45) is 0 Å². The van der Waals surface area contributed by atoms with Gasteiger partial charge in [0.1, 0.15) is 11.5 Å². The Kier molecular flexibility index (Phi) is 2.68. The van der Waals surface area contributed by atoms with Crippen molar-refractivity contribution in [2.45, 2.75) is 0 Å². The zero-order chi connectivity index (χ0) is 12.5. The van der Waals surface area contributed by atoms with Crippen LogP contribution in [-0.2, 0) is 0 Å². The van der Waals surface area contributed by atoms with Crippen LogP contribution in [0.5, 0.6) is 0 Å². The van der Waals surface area contributed by atoms with Crippen LogP contribution in [0.25, 0.3) is 16.9 Å². The molecule has 0 saturated carbocycles. The minimum atomic E-state index is 0.433. The summed E-state index contributed by atoms with van der Waals surface area (Å²) < 4.78 is 2.81. The molecule has 4 nitrogen and oxygen atoms in total. The van der Waals surface area contributed by atoms with Gasteiger partial charge in [-0.3, -0.25) is 14.2 Å². The predicted octanol–water partition coefficient (Wildman–Crippen LogP) is 2.97. The molecule has 3 rings (SSSR count). The van der Waals surface area contributed by atoms with Gasteiger partial charge in [-0.2, -0.15) is 0 Å². The van der Waals surface area contributed by atoms with E-state index in [0.29, 0.717) is 5.69 Å². The van der Waals surface area contributed by atoms with E-state index >= 15 is 0 Å². The Hall–Kier alpha value is -2.01. The first kappa shape index (κ1) is 11.1. The molecule has 0 bridgehead atoms. The second-order valence-electron chi connectivity index (χ2n) is 3.77. The standard InChI is InChI=1S/C13H8BrN3O/c14-10-3-6-17-12(7-10)11(8-18)16-13(17)9-1-4-15-5-2-9/h1-8H. The number of hydrogen-bond acceptors (Lipinski definition) is 3. The summed E-state index contributed by atoms with van der Waals surface area (Å²) in [5.74, 6) is 0.738. The quantitative estimate of drug-likeness (QED) is 0.684. The largest absolute Gasteiger partial charge is 0.299 e. The minimum absolute atomic E-state index is 0.433. The van der Waals surface area contributed by atoms with Gasteiger partial charge in [-0.05, 0) is 24.3 Å². The molecule has 0 fully saturated rings. The fourth-order valence-corrected chi connectivity index (χ4v) is 2.21. The zero-order valence-corrected chi connectivity index (χ0v) is 10.8. The summed E-state index contributed by atoms with van der Waals surface area (Å²) in [5, 5.41) is 0. The van der Waals surface area contributed by atoms with Crippen molar-refractivity contribution in [1.29, 1.82) is 0 Å². The third-order valence-corrected chi connectivity index (χ3v) is 3.18. The summed E-state index contributed by atoms with van der Waals surface area (Å²) in [6, 6.07) is 7.52. The van der Waals surface area contributed by atoms with Crippen LogP contribution < -0.4 is 0 Å². The summed E-state index contributed by atoms with van der Waals surface area (Å²) in [6.45, 7) is 0. The monoisotopic (exact) mass is 301 g/mol. The van der Waals surface area contributed by atoms with Gasteiger partial charge in [0.05, 0.1) is 5.52 Å². The van der Waals surface area contributed by atoms with Crippen LogP contribution in [0.2, 0.25) is 0 Å². The van der Waals surface area contributed by atoms with E-state index in [-0.39, 0.29) is 0 Å². The SMILES string of the molecule is O=Cc1nc(-c2ccncc2)n2ccc(Br)cc12. The van der Waals surface area contributed by atoms with Crippen LogP contribution in [0.15, 0.2) is 47.3 Å². The number of aromatic nitrogens is 3. The first-order valence-electron chi connectivity index (χ1n) is 5.33. The van der Waals surface area contributed by atoms with Gasteiger partial charge in [0.2, 0.25) is 0 Å². The molecule has 3 heterocycles. The van der Waals surface area contributed by atoms with E-state index in [1.807, 2.05) is 34.9 Å². The summed E-state index contributed by atoms with van der Waals surface area (Å²) in [6.07, 6.45) is 6.06. The Labute approximate surface area is 111 Å². The fraction of sp³-hybridized carbons (Fsp3) is 0. The lowest BCUT2D eigenvalue weighted by molar-refractivity contribution is 0.112. The molecule has 88 valence electrons. The summed E-state index contributed by atoms with van der Waals surface area (Å²) in [5.41, 5.74) is 2.14. The molecule has 5 heteroatoms. The summed E-state index contributed by atoms with van der Waals surface area (Å²) in [7, 11) is 0. The van der Waals surface area contributed by atoms with Crippen LogP contribution in [0.4, 0.5) is 0 Å². The van der Waals surface area contributed by atoms with Crippen molar-refractivity contribution in [3.05, 3.63) is 53.0 Å². The average molecular weight is 302 g/mol. The van der Waals surface area contributed by atoms with Crippen LogP contribution in [-0.4, -0.2) is 20.7 Å². The summed E-state index contributed by atoms with van der Waals surface area (Å²) >= 11 is 3.39. The van der Waals surface area contributed by atoms with Crippen LogP contribution >= 0.6 is 15.9 Å². The zero-order valence-electron chi connectivity index (χ0n) is 9.25. The second kappa shape index (κ2) is 4.34. The lowest BCUT2D eigenvalue weighted by Gasteiger charge is -2.00. The third-order valence-electron chi connectivity index (χ3n) is 2.68. The van der Waals surface area contributed by atoms with E-state index in [0.717, 1.165) is 27.7 Å². The Balaban J connectivity index is 2.34. The molecule has 0 atom stereocenters. The molecule has 0 saturated heterocycles. The van der Waals surface area contributed by atoms with Gasteiger partial charge >= 0.3 is 0 Å². The highest BCUT2D eigenvalue weighted by atomic mass is 79.9. The topological polar surface area (TPSA) is 47.3 Å². The predicted molar refractivity (Wildman–Crippen MR) is 71.5 cm³/mol. The van der Waals surface area contributed by atoms with E-state index < -0.39 is 0 Å². The van der Waals surface area contributed by atoms with Gasteiger partial charge in [-0.15, -0.1) is 0 Å². The molecule has 0 unspecified atom stereocenters. The number of carbonyl (C=O) groups excluding carboxylic acids is 1. The molecular formula is C13H8BrN3O. The van der Waals surface area contributed by atoms with Gasteiger partial charge in [-0.1, -0.05) is 15.9 Å². The van der Waals surface area contributed by atoms with Gasteiger partial charge < -0.3 is 0 Å². The van der Waals surface area contributed by atoms with Crippen molar-refractivity contribution >= 4 is 27.7 Å². The molecule has 18 heavy (non-hydrogen) atoms. The molecule has 0 radical (unpaired) electrons. The number of nitrogens with zero attached hydrogens (tertiary/aromatic N) is 3. The maximum atomic E-state index is 11.1. The average Bonchev–Trinajstić information content (AvgIpc) is 2.77. The molecule has 0 aliphatic rings. The Morgan fingerprint density at radius 1 is 1.22 bits per heavy atom. The van der Waals surface area contributed by atoms with Gasteiger partial charge in [-0.25, -0.2) is 4.98 Å². The third kappa shape index (κ3) is 1.73. The molecule has 0 N–H and O–H groups in total. The molecule has 0 amide bonds. The van der Waals surface area contributed by atoms with Gasteiger partial charge in [0, 0.05) is 28.6 Å². The highest BCUT2D eigenvalue weighted by Gasteiger charge is 2.11. The van der Waals surface area contributed by atoms with Gasteiger partial charge in [0.15, 0.2) is 6.29 Å². The number of halogens is 1. The minimum Gasteiger partial charge on any atom is -0.299 e. The van der Waals surface area contributed by atoms with Crippen molar-refractivity contribution in [3.8, 4) is 11.4 Å². The number of pyridine rings is 2. The maximum absolute atomic E-state index is 11.1. The van der Waals surface area contributed by atoms with E-state index in [2.05, 4.69) is 25.9 Å². The van der Waals surface area contributed by atoms with Crippen molar-refractivity contribution in [1.82, 2.24) is 14.4 Å². The number of imidazole rings is 1. The molecule has 0 spiro atoms.